The third kappa shape index (κ3) is 3.45. The summed E-state index contributed by atoms with van der Waals surface area (Å²) in [5.74, 6) is -0.165. The third-order valence-electron chi connectivity index (χ3n) is 3.82. The maximum absolute atomic E-state index is 12.5. The summed E-state index contributed by atoms with van der Waals surface area (Å²) in [5, 5.41) is 5.13. The highest BCUT2D eigenvalue weighted by atomic mass is 32.2. The van der Waals surface area contributed by atoms with Crippen LogP contribution >= 0.6 is 0 Å². The van der Waals surface area contributed by atoms with Gasteiger partial charge in [-0.05, 0) is 25.8 Å². The minimum atomic E-state index is -3.80. The zero-order valence-corrected chi connectivity index (χ0v) is 13.1. The highest BCUT2D eigenvalue weighted by Crippen LogP contribution is 2.19. The molecule has 1 aliphatic heterocycles. The van der Waals surface area contributed by atoms with Gasteiger partial charge in [0.2, 0.25) is 10.0 Å². The van der Waals surface area contributed by atoms with Crippen molar-refractivity contribution < 1.29 is 17.9 Å². The molecule has 1 aromatic rings. The summed E-state index contributed by atoms with van der Waals surface area (Å²) in [6, 6.07) is 1.35. The van der Waals surface area contributed by atoms with E-state index in [-0.39, 0.29) is 16.9 Å². The molecule has 8 heteroatoms. The number of primary sulfonamides is 1. The van der Waals surface area contributed by atoms with E-state index in [4.69, 9.17) is 9.88 Å². The molecular weight excluding hydrogens is 294 g/mol. The summed E-state index contributed by atoms with van der Waals surface area (Å²) in [6.07, 6.45) is 3.17. The molecule has 0 spiro atoms. The summed E-state index contributed by atoms with van der Waals surface area (Å²) >= 11 is 0. The number of aryl methyl sites for hydroxylation is 1. The molecule has 1 aliphatic rings. The lowest BCUT2D eigenvalue weighted by atomic mass is 10.1. The van der Waals surface area contributed by atoms with Gasteiger partial charge in [-0.3, -0.25) is 4.79 Å². The van der Waals surface area contributed by atoms with Crippen LogP contribution in [0.4, 0.5) is 0 Å². The van der Waals surface area contributed by atoms with Crippen molar-refractivity contribution in [2.24, 2.45) is 5.14 Å². The van der Waals surface area contributed by atoms with Crippen LogP contribution in [0.3, 0.4) is 0 Å². The Morgan fingerprint density at radius 3 is 2.52 bits per heavy atom. The van der Waals surface area contributed by atoms with E-state index in [1.54, 1.807) is 16.6 Å². The summed E-state index contributed by atoms with van der Waals surface area (Å²) in [4.78, 5) is 14.2. The Bertz CT molecular complexity index is 615. The van der Waals surface area contributed by atoms with Crippen molar-refractivity contribution in [2.45, 2.75) is 37.3 Å². The van der Waals surface area contributed by atoms with E-state index < -0.39 is 10.0 Å². The van der Waals surface area contributed by atoms with Crippen LogP contribution in [-0.4, -0.2) is 50.1 Å². The Balaban J connectivity index is 2.21. The number of carbonyl (C=O) groups is 1. The summed E-state index contributed by atoms with van der Waals surface area (Å²) < 4.78 is 29.7. The second-order valence-corrected chi connectivity index (χ2v) is 6.68. The Kier molecular flexibility index (Phi) is 4.70. The van der Waals surface area contributed by atoms with E-state index in [0.717, 1.165) is 12.8 Å². The molecule has 0 radical (unpaired) electrons. The van der Waals surface area contributed by atoms with Crippen molar-refractivity contribution in [3.8, 4) is 0 Å². The van der Waals surface area contributed by atoms with Gasteiger partial charge < -0.3 is 14.2 Å². The van der Waals surface area contributed by atoms with Crippen molar-refractivity contribution in [3.63, 3.8) is 0 Å². The quantitative estimate of drug-likeness (QED) is 0.870. The number of aromatic nitrogens is 1. The van der Waals surface area contributed by atoms with E-state index >= 15 is 0 Å². The normalized spacial score (nSPS) is 17.2. The molecule has 2 rings (SSSR count). The monoisotopic (exact) mass is 315 g/mol. The van der Waals surface area contributed by atoms with Crippen LogP contribution < -0.4 is 5.14 Å². The average molecular weight is 315 g/mol. The van der Waals surface area contributed by atoms with E-state index in [2.05, 4.69) is 0 Å². The summed E-state index contributed by atoms with van der Waals surface area (Å²) in [7, 11) is -2.13. The number of nitrogens with zero attached hydrogens (tertiary/aromatic N) is 2. The van der Waals surface area contributed by atoms with Gasteiger partial charge in [-0.25, -0.2) is 13.6 Å². The maximum atomic E-state index is 12.5. The number of piperidine rings is 1. The molecule has 0 atom stereocenters. The predicted molar refractivity (Wildman–Crippen MR) is 77.4 cm³/mol. The number of methoxy groups -OCH3 is 1. The lowest BCUT2D eigenvalue weighted by Crippen LogP contribution is -2.41. The fraction of sp³-hybridized carbons (Fsp3) is 0.615. The Morgan fingerprint density at radius 2 is 2.05 bits per heavy atom. The zero-order chi connectivity index (χ0) is 15.6. The standard InChI is InChI=1S/C13H21N3O4S/c1-3-15-9-11(21(14,18)19)8-12(15)13(17)16-6-4-10(20-2)5-7-16/h8-10H,3-7H2,1-2H3,(H2,14,18,19). The number of nitrogens with two attached hydrogens (primary N) is 1. The Hall–Kier alpha value is -1.38. The summed E-state index contributed by atoms with van der Waals surface area (Å²) in [5.41, 5.74) is 0.359. The van der Waals surface area contributed by atoms with Crippen molar-refractivity contribution in [2.75, 3.05) is 20.2 Å². The number of hydrogen-bond acceptors (Lipinski definition) is 4. The first-order chi connectivity index (χ1) is 9.86. The van der Waals surface area contributed by atoms with Crippen LogP contribution in [0.15, 0.2) is 17.2 Å². The lowest BCUT2D eigenvalue weighted by molar-refractivity contribution is 0.0345. The van der Waals surface area contributed by atoms with E-state index in [1.165, 1.54) is 12.3 Å². The number of ether oxygens (including phenoxy) is 1. The molecular formula is C13H21N3O4S. The van der Waals surface area contributed by atoms with Crippen molar-refractivity contribution in [1.29, 1.82) is 0 Å². The number of amides is 1. The minimum absolute atomic E-state index is 0.0283. The van der Waals surface area contributed by atoms with Gasteiger partial charge in [0.25, 0.3) is 5.91 Å². The van der Waals surface area contributed by atoms with E-state index in [1.807, 2.05) is 6.92 Å². The number of likely N-dealkylation sites (tertiary alicyclic amines) is 1. The number of rotatable bonds is 4. The first-order valence-corrected chi connectivity index (χ1v) is 8.46. The molecule has 1 amide bonds. The second kappa shape index (κ2) is 6.17. The maximum Gasteiger partial charge on any atom is 0.270 e. The molecule has 0 aliphatic carbocycles. The molecule has 0 bridgehead atoms. The highest BCUT2D eigenvalue weighted by molar-refractivity contribution is 7.89. The molecule has 0 unspecified atom stereocenters. The van der Waals surface area contributed by atoms with Crippen LogP contribution in [0.1, 0.15) is 30.3 Å². The SMILES string of the molecule is CCn1cc(S(N)(=O)=O)cc1C(=O)N1CCC(OC)CC1. The molecule has 1 fully saturated rings. The van der Waals surface area contributed by atoms with E-state index in [9.17, 15) is 13.2 Å². The highest BCUT2D eigenvalue weighted by Gasteiger charge is 2.26. The molecule has 0 saturated carbocycles. The fourth-order valence-corrected chi connectivity index (χ4v) is 3.09. The van der Waals surface area contributed by atoms with Gasteiger partial charge in [0.1, 0.15) is 10.6 Å². The van der Waals surface area contributed by atoms with Crippen LogP contribution in [0, 0.1) is 0 Å². The summed E-state index contributed by atoms with van der Waals surface area (Å²) in [6.45, 7) is 3.57. The molecule has 118 valence electrons. The fourth-order valence-electron chi connectivity index (χ4n) is 2.54. The molecule has 0 aromatic carbocycles. The average Bonchev–Trinajstić information content (AvgIpc) is 2.91. The zero-order valence-electron chi connectivity index (χ0n) is 12.3. The molecule has 1 aromatic heterocycles. The predicted octanol–water partition coefficient (Wildman–Crippen LogP) is 0.406. The topological polar surface area (TPSA) is 94.6 Å². The van der Waals surface area contributed by atoms with Gasteiger partial charge in [0.15, 0.2) is 0 Å². The smallest absolute Gasteiger partial charge is 0.270 e. The van der Waals surface area contributed by atoms with Crippen molar-refractivity contribution >= 4 is 15.9 Å². The van der Waals surface area contributed by atoms with Gasteiger partial charge in [0, 0.05) is 32.9 Å². The lowest BCUT2D eigenvalue weighted by Gasteiger charge is -2.31. The second-order valence-electron chi connectivity index (χ2n) is 5.12. The van der Waals surface area contributed by atoms with Crippen molar-refractivity contribution in [3.05, 3.63) is 18.0 Å². The van der Waals surface area contributed by atoms with Crippen LogP contribution in [0.2, 0.25) is 0 Å². The number of carbonyl (C=O) groups excluding carboxylic acids is 1. The van der Waals surface area contributed by atoms with Gasteiger partial charge in [-0.15, -0.1) is 0 Å². The van der Waals surface area contributed by atoms with E-state index in [0.29, 0.717) is 25.3 Å². The van der Waals surface area contributed by atoms with Gasteiger partial charge in [-0.1, -0.05) is 0 Å². The Morgan fingerprint density at radius 1 is 1.43 bits per heavy atom. The molecule has 1 saturated heterocycles. The first-order valence-electron chi connectivity index (χ1n) is 6.91. The molecule has 21 heavy (non-hydrogen) atoms. The van der Waals surface area contributed by atoms with Crippen LogP contribution in [0.25, 0.3) is 0 Å². The van der Waals surface area contributed by atoms with Crippen LogP contribution in [-0.2, 0) is 21.3 Å². The molecule has 7 nitrogen and oxygen atoms in total. The molecule has 2 heterocycles. The Labute approximate surface area is 124 Å². The first kappa shape index (κ1) is 16.0. The van der Waals surface area contributed by atoms with Gasteiger partial charge in [0.05, 0.1) is 6.10 Å². The van der Waals surface area contributed by atoms with Gasteiger partial charge in [-0.2, -0.15) is 0 Å². The number of hydrogen-bond donors (Lipinski definition) is 1. The molecule has 2 N–H and O–H groups in total. The number of sulfonamides is 1. The third-order valence-corrected chi connectivity index (χ3v) is 4.70. The largest absolute Gasteiger partial charge is 0.381 e. The van der Waals surface area contributed by atoms with Crippen LogP contribution in [0.5, 0.6) is 0 Å². The van der Waals surface area contributed by atoms with Gasteiger partial charge >= 0.3 is 0 Å². The van der Waals surface area contributed by atoms with Crippen molar-refractivity contribution in [1.82, 2.24) is 9.47 Å². The minimum Gasteiger partial charge on any atom is -0.381 e.